The Morgan fingerprint density at radius 3 is 1.32 bits per heavy atom. The molecule has 2 rings (SSSR count). The number of benzene rings is 1. The molecule has 1 aromatic heterocycles. The molecular weight excluding hydrogens is 789 g/mol. The molecule has 0 saturated heterocycles. The van der Waals surface area contributed by atoms with Gasteiger partial charge >= 0.3 is 0 Å². The molecule has 60 heavy (non-hydrogen) atoms. The fourth-order valence-electron chi connectivity index (χ4n) is 6.15. The summed E-state index contributed by atoms with van der Waals surface area (Å²) in [5, 5.41) is 8.48. The summed E-state index contributed by atoms with van der Waals surface area (Å²) in [6.07, 6.45) is 24.0. The SMILES string of the molecule is CCCCCCCCCCCCCCCCCCOc1ccc(Cn2cc(COCCOCCOCCOCCOCCOCCOCCOCCP(C)(=O)O)nn2)cc1. The van der Waals surface area contributed by atoms with E-state index in [0.717, 1.165) is 30.0 Å². The molecule has 0 radical (unpaired) electrons. The summed E-state index contributed by atoms with van der Waals surface area (Å²) < 4.78 is 62.8. The van der Waals surface area contributed by atoms with Crippen molar-refractivity contribution in [1.29, 1.82) is 0 Å². The molecule has 0 saturated carbocycles. The Morgan fingerprint density at radius 1 is 0.517 bits per heavy atom. The van der Waals surface area contributed by atoms with E-state index < -0.39 is 7.37 Å². The van der Waals surface area contributed by atoms with Crippen molar-refractivity contribution in [2.24, 2.45) is 0 Å². The Kier molecular flexibility index (Phi) is 36.0. The molecule has 348 valence electrons. The van der Waals surface area contributed by atoms with Crippen LogP contribution in [0.4, 0.5) is 0 Å². The summed E-state index contributed by atoms with van der Waals surface area (Å²) in [4.78, 5) is 9.18. The number of rotatable bonds is 46. The zero-order valence-electron chi connectivity index (χ0n) is 37.5. The lowest BCUT2D eigenvalue weighted by molar-refractivity contribution is -0.0234. The highest BCUT2D eigenvalue weighted by Gasteiger charge is 2.08. The van der Waals surface area contributed by atoms with Crippen molar-refractivity contribution in [2.75, 3.05) is 119 Å². The number of hydrogen-bond acceptors (Lipinski definition) is 12. The van der Waals surface area contributed by atoms with Gasteiger partial charge < -0.3 is 47.5 Å². The van der Waals surface area contributed by atoms with Gasteiger partial charge in [-0.2, -0.15) is 0 Å². The van der Waals surface area contributed by atoms with Crippen molar-refractivity contribution in [2.45, 2.75) is 123 Å². The van der Waals surface area contributed by atoms with Crippen LogP contribution in [0.25, 0.3) is 0 Å². The number of ether oxygens (including phenoxy) is 9. The molecule has 0 bridgehead atoms. The minimum absolute atomic E-state index is 0.158. The Labute approximate surface area is 362 Å². The summed E-state index contributed by atoms with van der Waals surface area (Å²) >= 11 is 0. The minimum Gasteiger partial charge on any atom is -0.494 e. The van der Waals surface area contributed by atoms with Crippen molar-refractivity contribution < 1.29 is 52.1 Å². The fourth-order valence-corrected chi connectivity index (χ4v) is 6.62. The lowest BCUT2D eigenvalue weighted by atomic mass is 10.0. The molecule has 1 unspecified atom stereocenters. The second-order valence-electron chi connectivity index (χ2n) is 15.3. The minimum atomic E-state index is -3.01. The first-order valence-electron chi connectivity index (χ1n) is 23.0. The van der Waals surface area contributed by atoms with Gasteiger partial charge in [0.05, 0.1) is 125 Å². The van der Waals surface area contributed by atoms with Gasteiger partial charge in [0, 0.05) is 12.8 Å². The van der Waals surface area contributed by atoms with Crippen LogP contribution in [0.3, 0.4) is 0 Å². The van der Waals surface area contributed by atoms with Crippen LogP contribution >= 0.6 is 7.37 Å². The van der Waals surface area contributed by atoms with Gasteiger partial charge in [-0.3, -0.25) is 4.57 Å². The lowest BCUT2D eigenvalue weighted by Gasteiger charge is -2.09. The molecule has 2 aromatic rings. The summed E-state index contributed by atoms with van der Waals surface area (Å²) in [5.74, 6) is 0.917. The van der Waals surface area contributed by atoms with E-state index in [-0.39, 0.29) is 12.8 Å². The van der Waals surface area contributed by atoms with Crippen molar-refractivity contribution in [1.82, 2.24) is 15.0 Å². The van der Waals surface area contributed by atoms with E-state index in [1.807, 2.05) is 23.0 Å². The van der Waals surface area contributed by atoms with Crippen molar-refractivity contribution in [3.05, 3.63) is 41.7 Å². The molecule has 0 aliphatic heterocycles. The summed E-state index contributed by atoms with van der Waals surface area (Å²) in [6.45, 7) is 12.2. The normalized spacial score (nSPS) is 12.7. The highest BCUT2D eigenvalue weighted by atomic mass is 31.2. The van der Waals surface area contributed by atoms with Crippen LogP contribution in [0, 0.1) is 0 Å². The summed E-state index contributed by atoms with van der Waals surface area (Å²) in [7, 11) is -3.01. The molecule has 0 spiro atoms. The first kappa shape index (κ1) is 54.2. The van der Waals surface area contributed by atoms with E-state index in [1.165, 1.54) is 103 Å². The molecule has 0 aliphatic carbocycles. The lowest BCUT2D eigenvalue weighted by Crippen LogP contribution is -2.15. The fraction of sp³-hybridized carbons (Fsp3) is 0.822. The standard InChI is InChI=1S/C45H82N3O11P/c1-3-4-5-6-7-8-9-10-11-12-13-14-15-16-17-18-23-59-45-21-19-43(20-22-45)40-48-41-44(46-47-48)42-58-37-36-56-33-32-54-29-28-52-25-24-51-26-27-53-30-31-55-34-35-57-38-39-60(2,49)50/h19-22,41H,3-18,23-40,42H2,1-2H3,(H,49,50). The molecule has 0 amide bonds. The second kappa shape index (κ2) is 39.8. The van der Waals surface area contributed by atoms with Crippen molar-refractivity contribution in [3.63, 3.8) is 0 Å². The van der Waals surface area contributed by atoms with Crippen LogP contribution in [0.15, 0.2) is 30.5 Å². The monoisotopic (exact) mass is 872 g/mol. The van der Waals surface area contributed by atoms with Crippen molar-refractivity contribution >= 4 is 7.37 Å². The van der Waals surface area contributed by atoms with E-state index in [2.05, 4.69) is 29.4 Å². The molecule has 1 heterocycles. The van der Waals surface area contributed by atoms with E-state index in [0.29, 0.717) is 106 Å². The summed E-state index contributed by atoms with van der Waals surface area (Å²) in [5.41, 5.74) is 1.92. The van der Waals surface area contributed by atoms with Crippen molar-refractivity contribution in [3.8, 4) is 5.75 Å². The number of aromatic nitrogens is 3. The molecule has 0 aliphatic rings. The maximum atomic E-state index is 11.1. The van der Waals surface area contributed by atoms with Gasteiger partial charge in [-0.05, 0) is 24.1 Å². The molecule has 1 aromatic carbocycles. The van der Waals surface area contributed by atoms with Gasteiger partial charge in [-0.15, -0.1) is 5.10 Å². The maximum Gasteiger partial charge on any atom is 0.199 e. The van der Waals surface area contributed by atoms with Crippen LogP contribution in [-0.2, 0) is 55.6 Å². The van der Waals surface area contributed by atoms with Gasteiger partial charge in [0.15, 0.2) is 7.37 Å². The van der Waals surface area contributed by atoms with Gasteiger partial charge in [-0.1, -0.05) is 121 Å². The van der Waals surface area contributed by atoms with E-state index in [1.54, 1.807) is 0 Å². The Hall–Kier alpha value is -1.97. The summed E-state index contributed by atoms with van der Waals surface area (Å²) in [6, 6.07) is 8.25. The number of unbranched alkanes of at least 4 members (excludes halogenated alkanes) is 15. The van der Waals surface area contributed by atoms with E-state index >= 15 is 0 Å². The van der Waals surface area contributed by atoms with E-state index in [4.69, 9.17) is 42.6 Å². The highest BCUT2D eigenvalue weighted by Crippen LogP contribution is 2.34. The molecule has 0 fully saturated rings. The highest BCUT2D eigenvalue weighted by molar-refractivity contribution is 7.57. The number of hydrogen-bond donors (Lipinski definition) is 1. The largest absolute Gasteiger partial charge is 0.494 e. The van der Waals surface area contributed by atoms with Gasteiger partial charge in [0.2, 0.25) is 0 Å². The van der Waals surface area contributed by atoms with Gasteiger partial charge in [-0.25, -0.2) is 4.68 Å². The van der Waals surface area contributed by atoms with Crippen LogP contribution in [0.1, 0.15) is 121 Å². The molecule has 1 N–H and O–H groups in total. The first-order valence-corrected chi connectivity index (χ1v) is 25.3. The third-order valence-electron chi connectivity index (χ3n) is 9.63. The average Bonchev–Trinajstić information content (AvgIpc) is 3.68. The smallest absolute Gasteiger partial charge is 0.199 e. The van der Waals surface area contributed by atoms with Gasteiger partial charge in [0.1, 0.15) is 11.4 Å². The van der Waals surface area contributed by atoms with Crippen LogP contribution in [0.5, 0.6) is 5.75 Å². The molecule has 14 nitrogen and oxygen atoms in total. The topological polar surface area (TPSA) is 151 Å². The first-order chi connectivity index (χ1) is 29.5. The zero-order valence-corrected chi connectivity index (χ0v) is 38.3. The van der Waals surface area contributed by atoms with Gasteiger partial charge in [0.25, 0.3) is 0 Å². The van der Waals surface area contributed by atoms with E-state index in [9.17, 15) is 9.46 Å². The average molecular weight is 872 g/mol. The predicted molar refractivity (Wildman–Crippen MR) is 237 cm³/mol. The third kappa shape index (κ3) is 35.6. The zero-order chi connectivity index (χ0) is 42.9. The van der Waals surface area contributed by atoms with Crippen LogP contribution < -0.4 is 4.74 Å². The quantitative estimate of drug-likeness (QED) is 0.0501. The second-order valence-corrected chi connectivity index (χ2v) is 17.9. The predicted octanol–water partition coefficient (Wildman–Crippen LogP) is 8.50. The Bertz CT molecular complexity index is 1250. The Morgan fingerprint density at radius 2 is 0.900 bits per heavy atom. The molecule has 15 heteroatoms. The Balaban J connectivity index is 1.29. The van der Waals surface area contributed by atoms with Crippen LogP contribution in [-0.4, -0.2) is 138 Å². The molecular formula is C45H82N3O11P. The van der Waals surface area contributed by atoms with Crippen LogP contribution in [0.2, 0.25) is 0 Å². The number of nitrogens with zero attached hydrogens (tertiary/aromatic N) is 3. The molecule has 1 atom stereocenters. The third-order valence-corrected chi connectivity index (χ3v) is 10.6. The maximum absolute atomic E-state index is 11.1.